The van der Waals surface area contributed by atoms with Crippen molar-refractivity contribution in [3.63, 3.8) is 0 Å². The first-order valence-corrected chi connectivity index (χ1v) is 14.3. The number of phenols is 1. The van der Waals surface area contributed by atoms with Crippen LogP contribution in [0.3, 0.4) is 0 Å². The van der Waals surface area contributed by atoms with Crippen LogP contribution in [0.4, 0.5) is 5.69 Å². The van der Waals surface area contributed by atoms with Crippen LogP contribution in [0.15, 0.2) is 6.07 Å². The van der Waals surface area contributed by atoms with E-state index in [1.807, 2.05) is 25.1 Å². The third-order valence-corrected chi connectivity index (χ3v) is 9.50. The Morgan fingerprint density at radius 2 is 1.76 bits per heavy atom. The van der Waals surface area contributed by atoms with Crippen molar-refractivity contribution < 1.29 is 34.2 Å². The van der Waals surface area contributed by atoms with Crippen molar-refractivity contribution in [2.24, 2.45) is 35.3 Å². The highest BCUT2D eigenvalue weighted by molar-refractivity contribution is 6.32. The van der Waals surface area contributed by atoms with E-state index in [1.54, 1.807) is 14.1 Å². The number of likely N-dealkylation sites (N-methyl/N-ethyl adjacent to an activating group) is 1. The highest BCUT2D eigenvalue weighted by atomic mass is 16.3. The van der Waals surface area contributed by atoms with Gasteiger partial charge in [-0.2, -0.15) is 0 Å². The maximum atomic E-state index is 14.1. The molecule has 3 aliphatic carbocycles. The number of hydrogen-bond donors (Lipinski definition) is 4. The molecular weight excluding hydrogens is 528 g/mol. The number of nitrogens with zero attached hydrogens (tertiary/aromatic N) is 2. The molecule has 41 heavy (non-hydrogen) atoms. The molecule has 0 saturated heterocycles. The molecule has 4 rings (SSSR count). The molecule has 1 amide bonds. The molecule has 224 valence electrons. The number of nitrogens with one attached hydrogen (secondary N) is 1. The zero-order valence-electron chi connectivity index (χ0n) is 24.7. The Kier molecular flexibility index (Phi) is 8.46. The van der Waals surface area contributed by atoms with Gasteiger partial charge in [0.15, 0.2) is 34.7 Å². The number of carbonyl (C=O) groups is 5. The molecule has 0 spiro atoms. The van der Waals surface area contributed by atoms with Crippen LogP contribution in [0.1, 0.15) is 54.6 Å². The Balaban J connectivity index is 1.80. The number of amides is 1. The molecule has 1 aromatic rings. The molecule has 0 heterocycles. The maximum Gasteiger partial charge on any atom is 0.235 e. The van der Waals surface area contributed by atoms with Crippen molar-refractivity contribution in [2.75, 3.05) is 39.6 Å². The van der Waals surface area contributed by atoms with Crippen molar-refractivity contribution in [3.8, 4) is 5.75 Å². The summed E-state index contributed by atoms with van der Waals surface area (Å²) >= 11 is 0. The van der Waals surface area contributed by atoms with Gasteiger partial charge in [0.1, 0.15) is 5.75 Å². The molecule has 3 aliphatic rings. The van der Waals surface area contributed by atoms with E-state index in [2.05, 4.69) is 19.2 Å². The molecule has 0 aromatic heterocycles. The van der Waals surface area contributed by atoms with Gasteiger partial charge in [-0.15, -0.1) is 0 Å². The fraction of sp³-hybridized carbons (Fsp3) is 0.633. The Bertz CT molecular complexity index is 1290. The minimum absolute atomic E-state index is 0.0159. The number of hydrogen-bond acceptors (Lipinski definition) is 10. The van der Waals surface area contributed by atoms with Gasteiger partial charge in [-0.3, -0.25) is 28.9 Å². The lowest BCUT2D eigenvalue weighted by molar-refractivity contribution is -0.181. The topological polar surface area (TPSA) is 170 Å². The maximum absolute atomic E-state index is 14.1. The summed E-state index contributed by atoms with van der Waals surface area (Å²) in [6, 6.07) is 0.720. The quantitative estimate of drug-likeness (QED) is 0.306. The Morgan fingerprint density at radius 1 is 1.12 bits per heavy atom. The largest absolute Gasteiger partial charge is 0.507 e. The van der Waals surface area contributed by atoms with Gasteiger partial charge < -0.3 is 26.2 Å². The number of aliphatic hydroxyl groups is 1. The number of ketones is 4. The van der Waals surface area contributed by atoms with Crippen molar-refractivity contribution in [2.45, 2.75) is 57.7 Å². The summed E-state index contributed by atoms with van der Waals surface area (Å²) in [5, 5.41) is 26.5. The van der Waals surface area contributed by atoms with Crippen LogP contribution in [0, 0.1) is 29.6 Å². The van der Waals surface area contributed by atoms with Crippen molar-refractivity contribution in [1.29, 1.82) is 0 Å². The number of anilines is 1. The number of benzene rings is 1. The zero-order valence-corrected chi connectivity index (χ0v) is 24.7. The summed E-state index contributed by atoms with van der Waals surface area (Å²) < 4.78 is 0. The third kappa shape index (κ3) is 4.77. The summed E-state index contributed by atoms with van der Waals surface area (Å²) in [4.78, 5) is 70.3. The first kappa shape index (κ1) is 30.8. The number of carbonyl (C=O) groups excluding carboxylic acids is 5. The third-order valence-electron chi connectivity index (χ3n) is 9.50. The van der Waals surface area contributed by atoms with Crippen LogP contribution in [0.5, 0.6) is 5.75 Å². The molecule has 3 unspecified atom stereocenters. The molecule has 0 aliphatic heterocycles. The van der Waals surface area contributed by atoms with Gasteiger partial charge in [-0.1, -0.05) is 26.7 Å². The van der Waals surface area contributed by atoms with Gasteiger partial charge in [0.2, 0.25) is 5.91 Å². The Labute approximate surface area is 240 Å². The second-order valence-electron chi connectivity index (χ2n) is 12.3. The number of rotatable bonds is 9. The first-order chi connectivity index (χ1) is 19.2. The van der Waals surface area contributed by atoms with Gasteiger partial charge in [0.05, 0.1) is 17.5 Å². The monoisotopic (exact) mass is 570 g/mol. The minimum Gasteiger partial charge on any atom is -0.507 e. The molecule has 2 fully saturated rings. The summed E-state index contributed by atoms with van der Waals surface area (Å²) in [6.45, 7) is 5.28. The number of fused-ring (bicyclic) bond motifs is 3. The summed E-state index contributed by atoms with van der Waals surface area (Å²) in [5.74, 6) is -9.89. The number of aromatic hydroxyl groups is 1. The van der Waals surface area contributed by atoms with E-state index < -0.39 is 64.4 Å². The number of phenolic OH excluding ortho intramolecular Hbond substituents is 1. The zero-order chi connectivity index (χ0) is 30.5. The molecule has 0 bridgehead atoms. The molecule has 11 heteroatoms. The van der Waals surface area contributed by atoms with Gasteiger partial charge in [0, 0.05) is 37.8 Å². The van der Waals surface area contributed by atoms with E-state index in [0.29, 0.717) is 23.6 Å². The second-order valence-corrected chi connectivity index (χ2v) is 12.3. The van der Waals surface area contributed by atoms with Gasteiger partial charge in [-0.05, 0) is 56.9 Å². The Morgan fingerprint density at radius 3 is 2.29 bits per heavy atom. The van der Waals surface area contributed by atoms with E-state index >= 15 is 0 Å². The molecule has 11 nitrogen and oxygen atoms in total. The minimum atomic E-state index is -2.73. The fourth-order valence-electron chi connectivity index (χ4n) is 7.23. The van der Waals surface area contributed by atoms with Crippen LogP contribution in [0.2, 0.25) is 0 Å². The lowest BCUT2D eigenvalue weighted by atomic mass is 9.52. The summed E-state index contributed by atoms with van der Waals surface area (Å²) in [7, 11) is 6.80. The number of nitrogens with two attached hydrogens (primary N) is 1. The van der Waals surface area contributed by atoms with E-state index in [1.165, 1.54) is 4.90 Å². The van der Waals surface area contributed by atoms with Crippen LogP contribution in [-0.4, -0.2) is 90.5 Å². The average molecular weight is 571 g/mol. The molecule has 1 aromatic carbocycles. The van der Waals surface area contributed by atoms with Gasteiger partial charge in [-0.25, -0.2) is 0 Å². The standard InChI is InChI=1S/C30H42N4O7/c1-7-14(8-2)12-32-13-16-11-19(33(3)4)17-9-15-10-18-23(34(5)6)26(37)22(29(31)40)28(39)30(18,41)27(38)20(15)25(36)21(17)24(16)35/h11,14-15,18,20,22-23,32,35,41H,7-10,12-13H2,1-6H3,(H2,31,40)/t15-,18-,20?,22?,23?,30-/m1/s1. The number of primary amides is 1. The van der Waals surface area contributed by atoms with Crippen molar-refractivity contribution >= 4 is 34.7 Å². The molecular formula is C30H42N4O7. The van der Waals surface area contributed by atoms with Gasteiger partial charge >= 0.3 is 0 Å². The number of Topliss-reactive ketones (excluding diaryl/α,β-unsaturated/α-hetero) is 4. The van der Waals surface area contributed by atoms with E-state index in [9.17, 15) is 34.2 Å². The molecule has 5 N–H and O–H groups in total. The van der Waals surface area contributed by atoms with Crippen LogP contribution in [-0.2, 0) is 32.1 Å². The molecule has 0 radical (unpaired) electrons. The van der Waals surface area contributed by atoms with Crippen LogP contribution < -0.4 is 16.0 Å². The van der Waals surface area contributed by atoms with Crippen LogP contribution in [0.25, 0.3) is 0 Å². The smallest absolute Gasteiger partial charge is 0.235 e. The second kappa shape index (κ2) is 11.3. The van der Waals surface area contributed by atoms with Crippen molar-refractivity contribution in [1.82, 2.24) is 10.2 Å². The first-order valence-electron chi connectivity index (χ1n) is 14.3. The lowest BCUT2D eigenvalue weighted by Crippen LogP contribution is -2.74. The van der Waals surface area contributed by atoms with E-state index in [4.69, 9.17) is 5.73 Å². The average Bonchev–Trinajstić information content (AvgIpc) is 2.89. The summed E-state index contributed by atoms with van der Waals surface area (Å²) in [5.41, 5.74) is 4.49. The van der Waals surface area contributed by atoms with Crippen molar-refractivity contribution in [3.05, 3.63) is 22.8 Å². The summed E-state index contributed by atoms with van der Waals surface area (Å²) in [6.07, 6.45) is 2.27. The van der Waals surface area contributed by atoms with E-state index in [-0.39, 0.29) is 24.2 Å². The predicted octanol–water partition coefficient (Wildman–Crippen LogP) is 0.459. The van der Waals surface area contributed by atoms with E-state index in [0.717, 1.165) is 25.1 Å². The van der Waals surface area contributed by atoms with Gasteiger partial charge in [0.25, 0.3) is 0 Å². The molecule has 6 atom stereocenters. The predicted molar refractivity (Wildman–Crippen MR) is 151 cm³/mol. The lowest BCUT2D eigenvalue weighted by Gasteiger charge is -2.52. The SMILES string of the molecule is CCC(CC)CNCc1cc(N(C)C)c2c(c1O)C(=O)C1C(=O)[C@@]3(O)C(=O)C(C(N)=O)C(=O)C(N(C)C)[C@H]3C[C@H]1C2. The highest BCUT2D eigenvalue weighted by Gasteiger charge is 2.69. The Hall–Kier alpha value is -3.15. The normalized spacial score (nSPS) is 29.4. The van der Waals surface area contributed by atoms with Crippen LogP contribution >= 0.6 is 0 Å². The molecule has 2 saturated carbocycles. The fourth-order valence-corrected chi connectivity index (χ4v) is 7.23. The highest BCUT2D eigenvalue weighted by Crippen LogP contribution is 2.52.